The van der Waals surface area contributed by atoms with E-state index in [-0.39, 0.29) is 10.5 Å². The van der Waals surface area contributed by atoms with Crippen molar-refractivity contribution in [3.05, 3.63) is 82.1 Å². The lowest BCUT2D eigenvalue weighted by atomic mass is 10.3. The van der Waals surface area contributed by atoms with Crippen molar-refractivity contribution in [1.82, 2.24) is 14.1 Å². The van der Waals surface area contributed by atoms with Crippen LogP contribution in [-0.4, -0.2) is 48.7 Å². The van der Waals surface area contributed by atoms with E-state index in [2.05, 4.69) is 5.10 Å². The van der Waals surface area contributed by atoms with Crippen LogP contribution in [0.15, 0.2) is 76.4 Å². The molecular weight excluding hydrogens is 424 g/mol. The van der Waals surface area contributed by atoms with Crippen molar-refractivity contribution >= 4 is 27.4 Å². The van der Waals surface area contributed by atoms with Crippen LogP contribution in [0.4, 0.5) is 5.82 Å². The Labute approximate surface area is 180 Å². The first-order valence-electron chi connectivity index (χ1n) is 9.62. The molecule has 2 heterocycles. The third-order valence-electron chi connectivity index (χ3n) is 5.00. The van der Waals surface area contributed by atoms with Gasteiger partial charge in [0.15, 0.2) is 0 Å². The number of rotatable bonds is 4. The highest BCUT2D eigenvalue weighted by atomic mass is 35.5. The number of halogens is 1. The molecule has 1 aromatic heterocycles. The molecule has 1 aliphatic rings. The van der Waals surface area contributed by atoms with E-state index in [0.717, 1.165) is 0 Å². The quantitative estimate of drug-likeness (QED) is 0.618. The highest BCUT2D eigenvalue weighted by Gasteiger charge is 2.27. The van der Waals surface area contributed by atoms with E-state index in [1.807, 2.05) is 35.2 Å². The maximum atomic E-state index is 13.0. The molecule has 0 radical (unpaired) electrons. The van der Waals surface area contributed by atoms with Crippen LogP contribution in [0, 0.1) is 0 Å². The van der Waals surface area contributed by atoms with E-state index in [9.17, 15) is 13.2 Å². The predicted molar refractivity (Wildman–Crippen MR) is 117 cm³/mol. The summed E-state index contributed by atoms with van der Waals surface area (Å²) in [6.45, 7) is 1.84. The van der Waals surface area contributed by atoms with Crippen molar-refractivity contribution in [3.63, 3.8) is 0 Å². The second kappa shape index (κ2) is 8.59. The number of para-hydroxylation sites is 1. The van der Waals surface area contributed by atoms with Crippen LogP contribution in [0.2, 0.25) is 5.02 Å². The van der Waals surface area contributed by atoms with E-state index in [1.54, 1.807) is 24.3 Å². The van der Waals surface area contributed by atoms with Crippen LogP contribution < -0.4 is 10.5 Å². The van der Waals surface area contributed by atoms with E-state index >= 15 is 0 Å². The average molecular weight is 445 g/mol. The Kier molecular flexibility index (Phi) is 5.90. The van der Waals surface area contributed by atoms with Gasteiger partial charge < -0.3 is 4.90 Å². The summed E-state index contributed by atoms with van der Waals surface area (Å²) in [5.41, 5.74) is 0.467. The number of hydrogen-bond acceptors (Lipinski definition) is 5. The minimum Gasteiger partial charge on any atom is -0.354 e. The highest BCUT2D eigenvalue weighted by Crippen LogP contribution is 2.22. The van der Waals surface area contributed by atoms with Crippen molar-refractivity contribution in [2.24, 2.45) is 0 Å². The number of anilines is 1. The van der Waals surface area contributed by atoms with Crippen molar-refractivity contribution in [3.8, 4) is 5.69 Å². The Hall–Kier alpha value is -2.68. The van der Waals surface area contributed by atoms with Crippen LogP contribution in [0.5, 0.6) is 0 Å². The van der Waals surface area contributed by atoms with Crippen molar-refractivity contribution in [2.75, 3.05) is 31.1 Å². The number of benzene rings is 2. The molecule has 1 saturated heterocycles. The first kappa shape index (κ1) is 20.6. The van der Waals surface area contributed by atoms with E-state index in [0.29, 0.717) is 49.1 Å². The van der Waals surface area contributed by atoms with Crippen LogP contribution in [0.25, 0.3) is 5.69 Å². The van der Waals surface area contributed by atoms with Gasteiger partial charge >= 0.3 is 0 Å². The van der Waals surface area contributed by atoms with Crippen molar-refractivity contribution < 1.29 is 8.42 Å². The molecule has 0 N–H and O–H groups in total. The summed E-state index contributed by atoms with van der Waals surface area (Å²) in [6, 6.07) is 18.7. The number of aromatic nitrogens is 2. The topological polar surface area (TPSA) is 75.5 Å². The fraction of sp³-hybridized carbons (Fsp3) is 0.238. The lowest BCUT2D eigenvalue weighted by Gasteiger charge is -2.23. The fourth-order valence-electron chi connectivity index (χ4n) is 3.46. The monoisotopic (exact) mass is 444 g/mol. The van der Waals surface area contributed by atoms with Crippen molar-refractivity contribution in [2.45, 2.75) is 11.3 Å². The van der Waals surface area contributed by atoms with Gasteiger partial charge in [0, 0.05) is 37.3 Å². The summed E-state index contributed by atoms with van der Waals surface area (Å²) < 4.78 is 28.9. The number of hydrogen-bond donors (Lipinski definition) is 0. The lowest BCUT2D eigenvalue weighted by molar-refractivity contribution is 0.433. The van der Waals surface area contributed by atoms with Gasteiger partial charge in [-0.05, 0) is 42.8 Å². The molecule has 30 heavy (non-hydrogen) atoms. The van der Waals surface area contributed by atoms with Crippen LogP contribution in [0.1, 0.15) is 6.42 Å². The molecule has 1 aliphatic heterocycles. The molecule has 9 heteroatoms. The van der Waals surface area contributed by atoms with Gasteiger partial charge in [0.05, 0.1) is 10.6 Å². The summed E-state index contributed by atoms with van der Waals surface area (Å²) in [5, 5.41) is 4.90. The summed E-state index contributed by atoms with van der Waals surface area (Å²) in [4.78, 5) is 14.5. The summed E-state index contributed by atoms with van der Waals surface area (Å²) in [5.74, 6) is 0.639. The molecule has 0 atom stereocenters. The molecular formula is C21H21ClN4O3S. The second-order valence-electron chi connectivity index (χ2n) is 6.98. The Morgan fingerprint density at radius 2 is 1.67 bits per heavy atom. The molecule has 0 bridgehead atoms. The Bertz CT molecular complexity index is 1200. The van der Waals surface area contributed by atoms with Crippen LogP contribution in [-0.2, 0) is 10.0 Å². The van der Waals surface area contributed by atoms with E-state index < -0.39 is 10.0 Å². The molecule has 0 aliphatic carbocycles. The zero-order valence-electron chi connectivity index (χ0n) is 16.2. The maximum absolute atomic E-state index is 13.0. The van der Waals surface area contributed by atoms with Gasteiger partial charge in [0.2, 0.25) is 10.0 Å². The summed E-state index contributed by atoms with van der Waals surface area (Å²) >= 11 is 5.98. The lowest BCUT2D eigenvalue weighted by Crippen LogP contribution is -2.36. The SMILES string of the molecule is O=c1ccc(N2CCCN(S(=O)(=O)c3cccc(Cl)c3)CC2)nn1-c1ccccc1. The third kappa shape index (κ3) is 4.26. The normalized spacial score (nSPS) is 15.7. The van der Waals surface area contributed by atoms with Gasteiger partial charge in [-0.15, -0.1) is 5.10 Å². The largest absolute Gasteiger partial charge is 0.354 e. The average Bonchev–Trinajstić information content (AvgIpc) is 3.02. The Balaban J connectivity index is 1.56. The molecule has 0 unspecified atom stereocenters. The van der Waals surface area contributed by atoms with Gasteiger partial charge in [-0.3, -0.25) is 4.79 Å². The molecule has 0 spiro atoms. The molecule has 0 amide bonds. The van der Waals surface area contributed by atoms with Crippen molar-refractivity contribution in [1.29, 1.82) is 0 Å². The number of sulfonamides is 1. The minimum atomic E-state index is -3.62. The molecule has 1 fully saturated rings. The summed E-state index contributed by atoms with van der Waals surface area (Å²) in [6.07, 6.45) is 0.645. The van der Waals surface area contributed by atoms with E-state index in [4.69, 9.17) is 11.6 Å². The van der Waals surface area contributed by atoms with Gasteiger partial charge in [-0.2, -0.15) is 8.99 Å². The second-order valence-corrected chi connectivity index (χ2v) is 9.35. The zero-order chi connectivity index (χ0) is 21.1. The van der Waals surface area contributed by atoms with Crippen LogP contribution in [0.3, 0.4) is 0 Å². The molecule has 2 aromatic carbocycles. The third-order valence-corrected chi connectivity index (χ3v) is 7.13. The van der Waals surface area contributed by atoms with Gasteiger partial charge in [-0.1, -0.05) is 35.9 Å². The number of nitrogens with zero attached hydrogens (tertiary/aromatic N) is 4. The highest BCUT2D eigenvalue weighted by molar-refractivity contribution is 7.89. The Morgan fingerprint density at radius 1 is 0.867 bits per heavy atom. The van der Waals surface area contributed by atoms with Gasteiger partial charge in [-0.25, -0.2) is 8.42 Å². The minimum absolute atomic E-state index is 0.194. The zero-order valence-corrected chi connectivity index (χ0v) is 17.8. The summed E-state index contributed by atoms with van der Waals surface area (Å²) in [7, 11) is -3.62. The first-order valence-corrected chi connectivity index (χ1v) is 11.4. The first-order chi connectivity index (χ1) is 14.4. The molecule has 4 rings (SSSR count). The van der Waals surface area contributed by atoms with Gasteiger partial charge in [0.25, 0.3) is 5.56 Å². The molecule has 7 nitrogen and oxygen atoms in total. The maximum Gasteiger partial charge on any atom is 0.271 e. The molecule has 3 aromatic rings. The Morgan fingerprint density at radius 3 is 2.43 bits per heavy atom. The predicted octanol–water partition coefficient (Wildman–Crippen LogP) is 2.79. The standard InChI is InChI=1S/C21H21ClN4O3S/c22-17-6-4-9-19(16-17)30(28,29)25-13-5-12-24(14-15-25)20-10-11-21(27)26(23-20)18-7-2-1-3-8-18/h1-4,6-11,16H,5,12-15H2. The smallest absolute Gasteiger partial charge is 0.271 e. The molecule has 0 saturated carbocycles. The van der Waals surface area contributed by atoms with E-state index in [1.165, 1.54) is 21.1 Å². The van der Waals surface area contributed by atoms with Gasteiger partial charge in [0.1, 0.15) is 5.82 Å². The van der Waals surface area contributed by atoms with Crippen LogP contribution >= 0.6 is 11.6 Å². The molecule has 156 valence electrons. The fourth-order valence-corrected chi connectivity index (χ4v) is 5.24.